The van der Waals surface area contributed by atoms with Gasteiger partial charge < -0.3 is 11.1 Å². The fourth-order valence-electron chi connectivity index (χ4n) is 1.89. The first-order valence-electron chi connectivity index (χ1n) is 6.11. The van der Waals surface area contributed by atoms with Crippen molar-refractivity contribution in [2.45, 2.75) is 25.8 Å². The molecule has 0 bridgehead atoms. The van der Waals surface area contributed by atoms with Crippen molar-refractivity contribution in [2.75, 3.05) is 5.32 Å². The number of rotatable bonds is 4. The molecule has 1 heterocycles. The van der Waals surface area contributed by atoms with Crippen molar-refractivity contribution >= 4 is 22.4 Å². The maximum atomic E-state index is 11.9. The van der Waals surface area contributed by atoms with Crippen LogP contribution < -0.4 is 11.1 Å². The molecule has 0 spiro atoms. The van der Waals surface area contributed by atoms with E-state index in [-0.39, 0.29) is 5.91 Å². The van der Waals surface area contributed by atoms with Crippen LogP contribution in [0.5, 0.6) is 0 Å². The molecule has 1 aromatic heterocycles. The van der Waals surface area contributed by atoms with Gasteiger partial charge in [-0.25, -0.2) is 0 Å². The largest absolute Gasteiger partial charge is 0.324 e. The zero-order valence-electron chi connectivity index (χ0n) is 10.4. The molecule has 1 atom stereocenters. The highest BCUT2D eigenvalue weighted by Crippen LogP contribution is 2.22. The van der Waals surface area contributed by atoms with Crippen molar-refractivity contribution in [2.24, 2.45) is 5.73 Å². The van der Waals surface area contributed by atoms with Gasteiger partial charge in [-0.05, 0) is 23.9 Å². The lowest BCUT2D eigenvalue weighted by Gasteiger charge is -2.12. The van der Waals surface area contributed by atoms with Gasteiger partial charge in [0, 0.05) is 17.8 Å². The molecule has 2 aromatic rings. The number of hydrogen-bond donors (Lipinski definition) is 2. The summed E-state index contributed by atoms with van der Waals surface area (Å²) in [6.07, 6.45) is 5.06. The number of aromatic nitrogens is 1. The smallest absolute Gasteiger partial charge is 0.241 e. The maximum absolute atomic E-state index is 11.9. The minimum Gasteiger partial charge on any atom is -0.324 e. The van der Waals surface area contributed by atoms with Gasteiger partial charge in [-0.3, -0.25) is 9.78 Å². The summed E-state index contributed by atoms with van der Waals surface area (Å²) in [5.74, 6) is -0.145. The summed E-state index contributed by atoms with van der Waals surface area (Å²) in [4.78, 5) is 16.0. The second kappa shape index (κ2) is 5.60. The van der Waals surface area contributed by atoms with Crippen LogP contribution in [-0.4, -0.2) is 16.9 Å². The Hall–Kier alpha value is -1.94. The molecule has 1 aromatic carbocycles. The molecule has 3 N–H and O–H groups in total. The summed E-state index contributed by atoms with van der Waals surface area (Å²) in [6.45, 7) is 2.01. The van der Waals surface area contributed by atoms with Gasteiger partial charge in [0.1, 0.15) is 0 Å². The SMILES string of the molecule is CCC[C@H](N)C(=O)Nc1cccc2ccncc12. The van der Waals surface area contributed by atoms with Crippen LogP contribution in [0.4, 0.5) is 5.69 Å². The number of carbonyl (C=O) groups excluding carboxylic acids is 1. The minimum atomic E-state index is -0.457. The van der Waals surface area contributed by atoms with Crippen LogP contribution >= 0.6 is 0 Å². The number of anilines is 1. The van der Waals surface area contributed by atoms with Crippen molar-refractivity contribution in [3.63, 3.8) is 0 Å². The molecule has 0 aliphatic rings. The molecule has 4 nitrogen and oxygen atoms in total. The monoisotopic (exact) mass is 243 g/mol. The van der Waals surface area contributed by atoms with E-state index < -0.39 is 6.04 Å². The molecule has 0 saturated carbocycles. The quantitative estimate of drug-likeness (QED) is 0.865. The molecular formula is C14H17N3O. The van der Waals surface area contributed by atoms with Gasteiger partial charge in [0.15, 0.2) is 0 Å². The van der Waals surface area contributed by atoms with Gasteiger partial charge in [0.05, 0.1) is 11.7 Å². The van der Waals surface area contributed by atoms with E-state index in [4.69, 9.17) is 5.73 Å². The second-order valence-electron chi connectivity index (χ2n) is 4.29. The Bertz CT molecular complexity index is 548. The number of nitrogens with one attached hydrogen (secondary N) is 1. The van der Waals surface area contributed by atoms with Gasteiger partial charge >= 0.3 is 0 Å². The number of nitrogens with two attached hydrogens (primary N) is 1. The van der Waals surface area contributed by atoms with Crippen LogP contribution in [0.2, 0.25) is 0 Å². The molecule has 1 amide bonds. The Morgan fingerprint density at radius 1 is 1.44 bits per heavy atom. The average Bonchev–Trinajstić information content (AvgIpc) is 2.39. The summed E-state index contributed by atoms with van der Waals surface area (Å²) in [5, 5.41) is 4.84. The fourth-order valence-corrected chi connectivity index (χ4v) is 1.89. The predicted octanol–water partition coefficient (Wildman–Crippen LogP) is 2.30. The highest BCUT2D eigenvalue weighted by Gasteiger charge is 2.13. The Labute approximate surface area is 106 Å². The number of benzene rings is 1. The van der Waals surface area contributed by atoms with E-state index in [9.17, 15) is 4.79 Å². The first kappa shape index (κ1) is 12.5. The molecule has 4 heteroatoms. The number of nitrogens with zero attached hydrogens (tertiary/aromatic N) is 1. The molecule has 94 valence electrons. The topological polar surface area (TPSA) is 68.0 Å². The molecule has 0 aliphatic carbocycles. The third-order valence-electron chi connectivity index (χ3n) is 2.88. The zero-order chi connectivity index (χ0) is 13.0. The van der Waals surface area contributed by atoms with Gasteiger partial charge in [-0.2, -0.15) is 0 Å². The number of hydrogen-bond acceptors (Lipinski definition) is 3. The van der Waals surface area contributed by atoms with Crippen molar-refractivity contribution in [3.8, 4) is 0 Å². The number of fused-ring (bicyclic) bond motifs is 1. The highest BCUT2D eigenvalue weighted by atomic mass is 16.2. The van der Waals surface area contributed by atoms with Crippen molar-refractivity contribution < 1.29 is 4.79 Å². The first-order valence-corrected chi connectivity index (χ1v) is 6.11. The van der Waals surface area contributed by atoms with Crippen LogP contribution in [0, 0.1) is 0 Å². The fraction of sp³-hybridized carbons (Fsp3) is 0.286. The Morgan fingerprint density at radius 2 is 2.28 bits per heavy atom. The second-order valence-corrected chi connectivity index (χ2v) is 4.29. The standard InChI is InChI=1S/C14H17N3O/c1-2-4-12(15)14(18)17-13-6-3-5-10-7-8-16-9-11(10)13/h3,5-9,12H,2,4,15H2,1H3,(H,17,18)/t12-/m0/s1. The van der Waals surface area contributed by atoms with E-state index in [1.807, 2.05) is 31.2 Å². The molecule has 0 saturated heterocycles. The van der Waals surface area contributed by atoms with Crippen LogP contribution in [0.25, 0.3) is 10.8 Å². The molecule has 0 aliphatic heterocycles. The summed E-state index contributed by atoms with van der Waals surface area (Å²) in [6, 6.07) is 7.21. The van der Waals surface area contributed by atoms with Crippen LogP contribution in [0.1, 0.15) is 19.8 Å². The van der Waals surface area contributed by atoms with E-state index in [2.05, 4.69) is 10.3 Å². The van der Waals surface area contributed by atoms with Gasteiger partial charge in [-0.15, -0.1) is 0 Å². The van der Waals surface area contributed by atoms with E-state index in [0.29, 0.717) is 6.42 Å². The average molecular weight is 243 g/mol. The Kier molecular flexibility index (Phi) is 3.89. The van der Waals surface area contributed by atoms with E-state index in [1.54, 1.807) is 12.4 Å². The normalized spacial score (nSPS) is 12.3. The molecule has 0 unspecified atom stereocenters. The molecular weight excluding hydrogens is 226 g/mol. The molecule has 0 fully saturated rings. The lowest BCUT2D eigenvalue weighted by atomic mass is 10.1. The third-order valence-corrected chi connectivity index (χ3v) is 2.88. The van der Waals surface area contributed by atoms with Crippen molar-refractivity contribution in [1.29, 1.82) is 0 Å². The summed E-state index contributed by atoms with van der Waals surface area (Å²) >= 11 is 0. The van der Waals surface area contributed by atoms with Gasteiger partial charge in [0.2, 0.25) is 5.91 Å². The van der Waals surface area contributed by atoms with Crippen LogP contribution in [-0.2, 0) is 4.79 Å². The van der Waals surface area contributed by atoms with Crippen LogP contribution in [0.15, 0.2) is 36.7 Å². The van der Waals surface area contributed by atoms with Crippen molar-refractivity contribution in [1.82, 2.24) is 4.98 Å². The van der Waals surface area contributed by atoms with E-state index >= 15 is 0 Å². The summed E-state index contributed by atoms with van der Waals surface area (Å²) < 4.78 is 0. The molecule has 2 rings (SSSR count). The highest BCUT2D eigenvalue weighted by molar-refractivity contribution is 6.03. The zero-order valence-corrected chi connectivity index (χ0v) is 10.4. The van der Waals surface area contributed by atoms with Crippen molar-refractivity contribution in [3.05, 3.63) is 36.7 Å². The summed E-state index contributed by atoms with van der Waals surface area (Å²) in [5.41, 5.74) is 6.55. The maximum Gasteiger partial charge on any atom is 0.241 e. The predicted molar refractivity (Wildman–Crippen MR) is 73.3 cm³/mol. The number of pyridine rings is 1. The summed E-state index contributed by atoms with van der Waals surface area (Å²) in [7, 11) is 0. The number of carbonyl (C=O) groups is 1. The Balaban J connectivity index is 2.24. The first-order chi connectivity index (χ1) is 8.72. The third kappa shape index (κ3) is 2.65. The van der Waals surface area contributed by atoms with Crippen LogP contribution in [0.3, 0.4) is 0 Å². The lowest BCUT2D eigenvalue weighted by Crippen LogP contribution is -2.35. The molecule has 18 heavy (non-hydrogen) atoms. The van der Waals surface area contributed by atoms with E-state index in [1.165, 1.54) is 0 Å². The lowest BCUT2D eigenvalue weighted by molar-refractivity contribution is -0.117. The van der Waals surface area contributed by atoms with Gasteiger partial charge in [-0.1, -0.05) is 25.5 Å². The van der Waals surface area contributed by atoms with E-state index in [0.717, 1.165) is 22.9 Å². The molecule has 0 radical (unpaired) electrons. The van der Waals surface area contributed by atoms with Gasteiger partial charge in [0.25, 0.3) is 0 Å². The number of amides is 1. The minimum absolute atomic E-state index is 0.145. The Morgan fingerprint density at radius 3 is 3.06 bits per heavy atom.